The Bertz CT molecular complexity index is 519. The predicted molar refractivity (Wildman–Crippen MR) is 97.8 cm³/mol. The quantitative estimate of drug-likeness (QED) is 0.919. The summed E-state index contributed by atoms with van der Waals surface area (Å²) in [7, 11) is 0. The molecular weight excluding hydrogens is 298 g/mol. The summed E-state index contributed by atoms with van der Waals surface area (Å²) in [4.78, 5) is 16.9. The molecule has 132 valence electrons. The Morgan fingerprint density at radius 1 is 1.12 bits per heavy atom. The van der Waals surface area contributed by atoms with E-state index in [1.807, 2.05) is 4.90 Å². The van der Waals surface area contributed by atoms with Crippen molar-refractivity contribution in [2.75, 3.05) is 32.7 Å². The number of nitrogens with zero attached hydrogens (tertiary/aromatic N) is 2. The lowest BCUT2D eigenvalue weighted by molar-refractivity contribution is 0.151. The van der Waals surface area contributed by atoms with Gasteiger partial charge < -0.3 is 10.2 Å². The van der Waals surface area contributed by atoms with Crippen LogP contribution in [0, 0.1) is 11.8 Å². The Morgan fingerprint density at radius 2 is 1.92 bits per heavy atom. The highest BCUT2D eigenvalue weighted by Gasteiger charge is 2.23. The van der Waals surface area contributed by atoms with Gasteiger partial charge in [0.15, 0.2) is 0 Å². The van der Waals surface area contributed by atoms with Gasteiger partial charge in [-0.15, -0.1) is 0 Å². The van der Waals surface area contributed by atoms with E-state index in [0.29, 0.717) is 11.8 Å². The second-order valence-electron chi connectivity index (χ2n) is 7.61. The minimum Gasteiger partial charge on any atom is -0.338 e. The predicted octanol–water partition coefficient (Wildman–Crippen LogP) is 3.34. The van der Waals surface area contributed by atoms with E-state index in [0.717, 1.165) is 39.1 Å². The van der Waals surface area contributed by atoms with Crippen LogP contribution in [-0.2, 0) is 6.54 Å². The topological polar surface area (TPSA) is 35.6 Å². The molecule has 4 nitrogen and oxygen atoms in total. The van der Waals surface area contributed by atoms with Gasteiger partial charge in [-0.3, -0.25) is 4.90 Å². The molecule has 2 aliphatic rings. The molecule has 1 aromatic rings. The Balaban J connectivity index is 1.42. The fraction of sp³-hybridized carbons (Fsp3) is 0.650. The maximum absolute atomic E-state index is 12.4. The van der Waals surface area contributed by atoms with Crippen molar-refractivity contribution in [1.29, 1.82) is 0 Å². The number of piperidine rings is 2. The normalized spacial score (nSPS) is 25.5. The van der Waals surface area contributed by atoms with Gasteiger partial charge >= 0.3 is 6.03 Å². The number of amides is 2. The average Bonchev–Trinajstić information content (AvgIpc) is 2.61. The van der Waals surface area contributed by atoms with Gasteiger partial charge in [-0.2, -0.15) is 0 Å². The van der Waals surface area contributed by atoms with Crippen LogP contribution in [0.5, 0.6) is 0 Å². The van der Waals surface area contributed by atoms with Crippen molar-refractivity contribution in [2.24, 2.45) is 11.8 Å². The van der Waals surface area contributed by atoms with Crippen molar-refractivity contribution >= 4 is 6.03 Å². The van der Waals surface area contributed by atoms with E-state index in [9.17, 15) is 4.79 Å². The standard InChI is InChI=1S/C20H31N3O/c1-17-7-5-12-23(14-17)20(24)21-13-19-10-6-11-22(16-19)15-18-8-3-2-4-9-18/h2-4,8-9,17,19H,5-7,10-16H2,1H3,(H,21,24). The van der Waals surface area contributed by atoms with E-state index < -0.39 is 0 Å². The number of hydrogen-bond acceptors (Lipinski definition) is 2. The van der Waals surface area contributed by atoms with Gasteiger partial charge in [0.1, 0.15) is 0 Å². The third kappa shape index (κ3) is 4.97. The molecule has 1 N–H and O–H groups in total. The van der Waals surface area contributed by atoms with Crippen LogP contribution >= 0.6 is 0 Å². The molecule has 3 rings (SSSR count). The largest absolute Gasteiger partial charge is 0.338 e. The van der Waals surface area contributed by atoms with Gasteiger partial charge in [0.2, 0.25) is 0 Å². The van der Waals surface area contributed by atoms with Crippen molar-refractivity contribution in [1.82, 2.24) is 15.1 Å². The molecule has 2 fully saturated rings. The summed E-state index contributed by atoms with van der Waals surface area (Å²) in [5.41, 5.74) is 1.38. The van der Waals surface area contributed by atoms with Crippen molar-refractivity contribution in [3.63, 3.8) is 0 Å². The first-order valence-electron chi connectivity index (χ1n) is 9.50. The summed E-state index contributed by atoms with van der Waals surface area (Å²) in [5, 5.41) is 3.19. The van der Waals surface area contributed by atoms with Crippen molar-refractivity contribution in [2.45, 2.75) is 39.2 Å². The van der Waals surface area contributed by atoms with E-state index in [1.165, 1.54) is 31.4 Å². The van der Waals surface area contributed by atoms with Crippen LogP contribution in [0.25, 0.3) is 0 Å². The number of nitrogens with one attached hydrogen (secondary N) is 1. The molecule has 2 amide bonds. The first kappa shape index (κ1) is 17.3. The maximum Gasteiger partial charge on any atom is 0.317 e. The molecule has 0 radical (unpaired) electrons. The fourth-order valence-corrected chi connectivity index (χ4v) is 4.02. The minimum absolute atomic E-state index is 0.140. The number of urea groups is 1. The van der Waals surface area contributed by atoms with Crippen LogP contribution < -0.4 is 5.32 Å². The number of rotatable bonds is 4. The zero-order valence-electron chi connectivity index (χ0n) is 14.9. The molecule has 24 heavy (non-hydrogen) atoms. The second-order valence-corrected chi connectivity index (χ2v) is 7.61. The lowest BCUT2D eigenvalue weighted by Gasteiger charge is -2.34. The van der Waals surface area contributed by atoms with E-state index in [2.05, 4.69) is 47.5 Å². The summed E-state index contributed by atoms with van der Waals surface area (Å²) >= 11 is 0. The number of carbonyl (C=O) groups is 1. The summed E-state index contributed by atoms with van der Waals surface area (Å²) in [6, 6.07) is 10.8. The molecule has 2 atom stereocenters. The molecule has 4 heteroatoms. The Morgan fingerprint density at radius 3 is 2.71 bits per heavy atom. The smallest absolute Gasteiger partial charge is 0.317 e. The number of carbonyl (C=O) groups excluding carboxylic acids is 1. The highest BCUT2D eigenvalue weighted by atomic mass is 16.2. The van der Waals surface area contributed by atoms with Crippen LogP contribution in [0.4, 0.5) is 4.79 Å². The number of likely N-dealkylation sites (tertiary alicyclic amines) is 2. The minimum atomic E-state index is 0.140. The average molecular weight is 329 g/mol. The monoisotopic (exact) mass is 329 g/mol. The third-order valence-corrected chi connectivity index (χ3v) is 5.34. The van der Waals surface area contributed by atoms with Crippen molar-refractivity contribution in [3.8, 4) is 0 Å². The highest BCUT2D eigenvalue weighted by Crippen LogP contribution is 2.19. The van der Waals surface area contributed by atoms with Gasteiger partial charge in [0.05, 0.1) is 0 Å². The van der Waals surface area contributed by atoms with Crippen LogP contribution in [0.1, 0.15) is 38.2 Å². The Kier molecular flexibility index (Phi) is 6.13. The lowest BCUT2D eigenvalue weighted by atomic mass is 9.97. The van der Waals surface area contributed by atoms with E-state index in [1.54, 1.807) is 0 Å². The molecule has 0 aromatic heterocycles. The third-order valence-electron chi connectivity index (χ3n) is 5.34. The summed E-state index contributed by atoms with van der Waals surface area (Å²) < 4.78 is 0. The van der Waals surface area contributed by atoms with Gasteiger partial charge in [-0.1, -0.05) is 37.3 Å². The molecular formula is C20H31N3O. The molecule has 0 saturated carbocycles. The van der Waals surface area contributed by atoms with Gasteiger partial charge in [-0.25, -0.2) is 4.79 Å². The van der Waals surface area contributed by atoms with Gasteiger partial charge in [-0.05, 0) is 49.6 Å². The van der Waals surface area contributed by atoms with Crippen LogP contribution in [-0.4, -0.2) is 48.6 Å². The first-order valence-corrected chi connectivity index (χ1v) is 9.50. The number of benzene rings is 1. The second kappa shape index (κ2) is 8.52. The van der Waals surface area contributed by atoms with Crippen molar-refractivity contribution in [3.05, 3.63) is 35.9 Å². The van der Waals surface area contributed by atoms with Crippen LogP contribution in [0.15, 0.2) is 30.3 Å². The first-order chi connectivity index (χ1) is 11.7. The zero-order chi connectivity index (χ0) is 16.8. The molecule has 0 aliphatic carbocycles. The fourth-order valence-electron chi connectivity index (χ4n) is 4.02. The molecule has 0 spiro atoms. The van der Waals surface area contributed by atoms with E-state index >= 15 is 0 Å². The molecule has 2 heterocycles. The SMILES string of the molecule is CC1CCCN(C(=O)NCC2CCCN(Cc3ccccc3)C2)C1. The van der Waals surface area contributed by atoms with Gasteiger partial charge in [0.25, 0.3) is 0 Å². The zero-order valence-corrected chi connectivity index (χ0v) is 14.9. The molecule has 2 unspecified atom stereocenters. The lowest BCUT2D eigenvalue weighted by Crippen LogP contribution is -2.47. The molecule has 2 saturated heterocycles. The molecule has 0 bridgehead atoms. The maximum atomic E-state index is 12.4. The Labute approximate surface area is 146 Å². The van der Waals surface area contributed by atoms with E-state index in [4.69, 9.17) is 0 Å². The summed E-state index contributed by atoms with van der Waals surface area (Å²) in [6.07, 6.45) is 4.85. The highest BCUT2D eigenvalue weighted by molar-refractivity contribution is 5.74. The summed E-state index contributed by atoms with van der Waals surface area (Å²) in [6.45, 7) is 8.16. The van der Waals surface area contributed by atoms with Crippen molar-refractivity contribution < 1.29 is 4.79 Å². The molecule has 2 aliphatic heterocycles. The number of hydrogen-bond donors (Lipinski definition) is 1. The summed E-state index contributed by atoms with van der Waals surface area (Å²) in [5.74, 6) is 1.22. The van der Waals surface area contributed by atoms with E-state index in [-0.39, 0.29) is 6.03 Å². The Hall–Kier alpha value is -1.55. The molecule has 1 aromatic carbocycles. The van der Waals surface area contributed by atoms with Crippen LogP contribution in [0.3, 0.4) is 0 Å². The van der Waals surface area contributed by atoms with Crippen LogP contribution in [0.2, 0.25) is 0 Å². The van der Waals surface area contributed by atoms with Gasteiger partial charge in [0, 0.05) is 32.7 Å².